The van der Waals surface area contributed by atoms with Crippen LogP contribution in [0, 0.1) is 48.3 Å². The van der Waals surface area contributed by atoms with Gasteiger partial charge in [0.15, 0.2) is 0 Å². The summed E-state index contributed by atoms with van der Waals surface area (Å²) in [4.78, 5) is 30.5. The summed E-state index contributed by atoms with van der Waals surface area (Å²) in [5.74, 6) is 1.10. The maximum absolute atomic E-state index is 11.0. The summed E-state index contributed by atoms with van der Waals surface area (Å²) >= 11 is 0. The molecule has 0 amide bonds. The van der Waals surface area contributed by atoms with Crippen molar-refractivity contribution in [2.45, 2.75) is 78.3 Å². The van der Waals surface area contributed by atoms with Gasteiger partial charge in [-0.1, -0.05) is 0 Å². The second kappa shape index (κ2) is 13.5. The zero-order valence-corrected chi connectivity index (χ0v) is 24.3. The molecule has 0 aromatic heterocycles. The highest BCUT2D eigenvalue weighted by Crippen LogP contribution is 2.30. The number of anilines is 2. The van der Waals surface area contributed by atoms with Crippen molar-refractivity contribution in [3.8, 4) is 12.1 Å². The van der Waals surface area contributed by atoms with Gasteiger partial charge in [-0.2, -0.15) is 10.5 Å². The fourth-order valence-electron chi connectivity index (χ4n) is 3.81. The standard InChI is InChI=1S/C29H36N8O4/c1-27(2,3)34-25(32-21-7-11-23(12-8-21)36(38)39)15-17-29(19-30,20-31)18-16-26(35-28(4,5)6)33-22-9-13-24(14-10-22)37(40)41/h7-14H,15-18H2,1-6H3,(H,32,34)(H,33,35). The van der Waals surface area contributed by atoms with Crippen LogP contribution in [0.3, 0.4) is 0 Å². The number of hydrogen-bond donors (Lipinski definition) is 2. The lowest BCUT2D eigenvalue weighted by Crippen LogP contribution is -2.26. The molecule has 0 aliphatic carbocycles. The Balaban J connectivity index is 2.24. The van der Waals surface area contributed by atoms with E-state index in [-0.39, 0.29) is 37.1 Å². The maximum atomic E-state index is 11.0. The van der Waals surface area contributed by atoms with Gasteiger partial charge in [0.25, 0.3) is 11.4 Å². The fourth-order valence-corrected chi connectivity index (χ4v) is 3.81. The first-order valence-electron chi connectivity index (χ1n) is 13.1. The van der Waals surface area contributed by atoms with Gasteiger partial charge in [-0.15, -0.1) is 0 Å². The summed E-state index contributed by atoms with van der Waals surface area (Å²) in [7, 11) is 0. The summed E-state index contributed by atoms with van der Waals surface area (Å²) in [6.45, 7) is 11.5. The number of non-ortho nitro benzene ring substituents is 2. The molecule has 0 heterocycles. The Hall–Kier alpha value is -4.84. The molecule has 0 unspecified atom stereocenters. The van der Waals surface area contributed by atoms with Gasteiger partial charge in [-0.25, -0.2) is 0 Å². The van der Waals surface area contributed by atoms with Crippen LogP contribution >= 0.6 is 0 Å². The van der Waals surface area contributed by atoms with Gasteiger partial charge in [0, 0.05) is 48.5 Å². The van der Waals surface area contributed by atoms with Crippen LogP contribution in [0.5, 0.6) is 0 Å². The van der Waals surface area contributed by atoms with E-state index in [1.165, 1.54) is 24.3 Å². The topological polar surface area (TPSA) is 183 Å². The third-order valence-electron chi connectivity index (χ3n) is 5.68. The van der Waals surface area contributed by atoms with E-state index in [2.05, 4.69) is 22.8 Å². The van der Waals surface area contributed by atoms with E-state index in [4.69, 9.17) is 9.98 Å². The average Bonchev–Trinajstić information content (AvgIpc) is 2.88. The minimum absolute atomic E-state index is 0.0344. The monoisotopic (exact) mass is 560 g/mol. The summed E-state index contributed by atoms with van der Waals surface area (Å²) in [6.07, 6.45) is 0.957. The molecule has 12 heteroatoms. The molecular weight excluding hydrogens is 524 g/mol. The number of amidine groups is 2. The molecule has 2 aromatic rings. The Morgan fingerprint density at radius 1 is 0.707 bits per heavy atom. The van der Waals surface area contributed by atoms with Gasteiger partial charge in [0.05, 0.1) is 33.1 Å². The van der Waals surface area contributed by atoms with Crippen LogP contribution in [-0.2, 0) is 0 Å². The van der Waals surface area contributed by atoms with Gasteiger partial charge in [-0.05, 0) is 78.6 Å². The predicted molar refractivity (Wildman–Crippen MR) is 160 cm³/mol. The molecular formula is C29H36N8O4. The van der Waals surface area contributed by atoms with Gasteiger partial charge in [0.2, 0.25) is 0 Å². The lowest BCUT2D eigenvalue weighted by atomic mass is 9.81. The molecule has 0 saturated heterocycles. The lowest BCUT2D eigenvalue weighted by Gasteiger charge is -2.23. The second-order valence-corrected chi connectivity index (χ2v) is 11.6. The molecule has 0 radical (unpaired) electrons. The van der Waals surface area contributed by atoms with Crippen molar-refractivity contribution in [1.29, 1.82) is 10.5 Å². The largest absolute Gasteiger partial charge is 0.344 e. The first-order chi connectivity index (χ1) is 19.0. The van der Waals surface area contributed by atoms with Crippen molar-refractivity contribution in [2.24, 2.45) is 15.4 Å². The molecule has 0 bridgehead atoms. The molecule has 2 N–H and O–H groups in total. The van der Waals surface area contributed by atoms with E-state index >= 15 is 0 Å². The zero-order chi connectivity index (χ0) is 30.8. The van der Waals surface area contributed by atoms with Crippen molar-refractivity contribution < 1.29 is 9.85 Å². The number of hydrogen-bond acceptors (Lipinski definition) is 8. The third-order valence-corrected chi connectivity index (χ3v) is 5.68. The molecule has 0 aliphatic rings. The smallest absolute Gasteiger partial charge is 0.269 e. The van der Waals surface area contributed by atoms with Crippen molar-refractivity contribution in [3.05, 3.63) is 68.8 Å². The number of nitriles is 2. The Labute approximate surface area is 240 Å². The van der Waals surface area contributed by atoms with E-state index in [1.807, 2.05) is 41.5 Å². The maximum Gasteiger partial charge on any atom is 0.269 e. The molecule has 12 nitrogen and oxygen atoms in total. The van der Waals surface area contributed by atoms with Crippen LogP contribution in [0.4, 0.5) is 22.7 Å². The summed E-state index contributed by atoms with van der Waals surface area (Å²) in [5, 5.41) is 48.5. The van der Waals surface area contributed by atoms with Crippen molar-refractivity contribution in [3.63, 3.8) is 0 Å². The SMILES string of the molecule is CC(C)(C)N=C(CCC(C#N)(C#N)CCC(=NC(C)(C)C)Nc1ccc([N+](=O)[O-])cc1)Nc1ccc([N+](=O)[O-])cc1. The first-order valence-corrected chi connectivity index (χ1v) is 13.1. The van der Waals surface area contributed by atoms with Gasteiger partial charge >= 0.3 is 0 Å². The van der Waals surface area contributed by atoms with Crippen LogP contribution in [0.15, 0.2) is 58.5 Å². The van der Waals surface area contributed by atoms with E-state index in [1.54, 1.807) is 24.3 Å². The number of nitro benzene ring substituents is 2. The highest BCUT2D eigenvalue weighted by molar-refractivity contribution is 5.96. The Bertz CT molecular complexity index is 1260. The van der Waals surface area contributed by atoms with Crippen LogP contribution in [0.2, 0.25) is 0 Å². The minimum Gasteiger partial charge on any atom is -0.344 e. The third kappa shape index (κ3) is 11.0. The number of nitro groups is 2. The zero-order valence-electron chi connectivity index (χ0n) is 24.3. The molecule has 216 valence electrons. The molecule has 0 atom stereocenters. The van der Waals surface area contributed by atoms with E-state index < -0.39 is 26.3 Å². The van der Waals surface area contributed by atoms with Gasteiger partial charge in [-0.3, -0.25) is 30.2 Å². The Morgan fingerprint density at radius 2 is 1.02 bits per heavy atom. The molecule has 2 rings (SSSR count). The summed E-state index contributed by atoms with van der Waals surface area (Å²) < 4.78 is 0. The first kappa shape index (κ1) is 32.4. The normalized spacial score (nSPS) is 12.7. The van der Waals surface area contributed by atoms with Crippen LogP contribution < -0.4 is 10.6 Å². The lowest BCUT2D eigenvalue weighted by molar-refractivity contribution is -0.385. The highest BCUT2D eigenvalue weighted by atomic mass is 16.6. The number of aliphatic imine (C=N–C) groups is 2. The molecule has 0 spiro atoms. The van der Waals surface area contributed by atoms with Crippen molar-refractivity contribution in [2.75, 3.05) is 10.6 Å². The number of rotatable bonds is 10. The van der Waals surface area contributed by atoms with E-state index in [0.29, 0.717) is 23.0 Å². The van der Waals surface area contributed by atoms with Crippen molar-refractivity contribution in [1.82, 2.24) is 0 Å². The van der Waals surface area contributed by atoms with Crippen LogP contribution in [0.25, 0.3) is 0 Å². The quantitative estimate of drug-likeness (QED) is 0.134. The molecule has 41 heavy (non-hydrogen) atoms. The van der Waals surface area contributed by atoms with E-state index in [0.717, 1.165) is 0 Å². The van der Waals surface area contributed by atoms with E-state index in [9.17, 15) is 30.8 Å². The molecule has 0 aliphatic heterocycles. The predicted octanol–water partition coefficient (Wildman–Crippen LogP) is 7.01. The number of nitrogens with zero attached hydrogens (tertiary/aromatic N) is 6. The Kier molecular flexibility index (Phi) is 10.6. The average molecular weight is 561 g/mol. The summed E-state index contributed by atoms with van der Waals surface area (Å²) in [6, 6.07) is 16.3. The van der Waals surface area contributed by atoms with Gasteiger partial charge < -0.3 is 10.6 Å². The highest BCUT2D eigenvalue weighted by Gasteiger charge is 2.31. The minimum atomic E-state index is -1.34. The summed E-state index contributed by atoms with van der Waals surface area (Å²) in [5.41, 5.74) is -1.11. The second-order valence-electron chi connectivity index (χ2n) is 11.6. The Morgan fingerprint density at radius 3 is 1.27 bits per heavy atom. The van der Waals surface area contributed by atoms with Crippen molar-refractivity contribution >= 4 is 34.4 Å². The number of nitrogens with one attached hydrogen (secondary N) is 2. The molecule has 2 aromatic carbocycles. The van der Waals surface area contributed by atoms with Gasteiger partial charge in [0.1, 0.15) is 17.1 Å². The van der Waals surface area contributed by atoms with Crippen LogP contribution in [-0.4, -0.2) is 32.6 Å². The molecule has 0 fully saturated rings. The fraction of sp³-hybridized carbons (Fsp3) is 0.448. The number of benzene rings is 2. The molecule has 0 saturated carbocycles. The van der Waals surface area contributed by atoms with Crippen LogP contribution in [0.1, 0.15) is 67.2 Å².